The SMILES string of the molecule is Cc1nc2cc(F)cc(C(=O)Nc3ccc(Cl)c(S(=O)(=O)N4CCCC4)c3)c2nc1C. The van der Waals surface area contributed by atoms with Crippen molar-refractivity contribution in [2.24, 2.45) is 0 Å². The third kappa shape index (κ3) is 4.13. The average Bonchev–Trinajstić information content (AvgIpc) is 3.26. The summed E-state index contributed by atoms with van der Waals surface area (Å²) in [5, 5.41) is 2.69. The number of carbonyl (C=O) groups is 1. The molecule has 7 nitrogen and oxygen atoms in total. The van der Waals surface area contributed by atoms with Crippen molar-refractivity contribution in [3.8, 4) is 0 Å². The molecule has 1 amide bonds. The summed E-state index contributed by atoms with van der Waals surface area (Å²) in [6, 6.07) is 6.52. The Morgan fingerprint density at radius 1 is 1.10 bits per heavy atom. The van der Waals surface area contributed by atoms with Crippen LogP contribution in [0.2, 0.25) is 5.02 Å². The van der Waals surface area contributed by atoms with Crippen LogP contribution in [0.4, 0.5) is 10.1 Å². The summed E-state index contributed by atoms with van der Waals surface area (Å²) in [5.74, 6) is -1.25. The Balaban J connectivity index is 1.71. The molecule has 31 heavy (non-hydrogen) atoms. The summed E-state index contributed by atoms with van der Waals surface area (Å²) in [6.07, 6.45) is 1.58. The first-order chi connectivity index (χ1) is 14.7. The Labute approximate surface area is 184 Å². The Morgan fingerprint density at radius 2 is 1.77 bits per heavy atom. The van der Waals surface area contributed by atoms with Gasteiger partial charge < -0.3 is 5.32 Å². The zero-order valence-electron chi connectivity index (χ0n) is 16.9. The first-order valence-electron chi connectivity index (χ1n) is 9.72. The molecule has 1 aliphatic rings. The van der Waals surface area contributed by atoms with Crippen LogP contribution in [0, 0.1) is 19.7 Å². The largest absolute Gasteiger partial charge is 0.322 e. The lowest BCUT2D eigenvalue weighted by atomic mass is 10.1. The van der Waals surface area contributed by atoms with Gasteiger partial charge in [0.05, 0.1) is 27.5 Å². The molecule has 0 atom stereocenters. The average molecular weight is 463 g/mol. The zero-order chi connectivity index (χ0) is 22.3. The summed E-state index contributed by atoms with van der Waals surface area (Å²) < 4.78 is 41.3. The van der Waals surface area contributed by atoms with Crippen LogP contribution in [0.3, 0.4) is 0 Å². The normalized spacial score (nSPS) is 14.8. The fourth-order valence-electron chi connectivity index (χ4n) is 3.52. The van der Waals surface area contributed by atoms with Crippen molar-refractivity contribution < 1.29 is 17.6 Å². The maximum Gasteiger partial charge on any atom is 0.258 e. The Morgan fingerprint density at radius 3 is 2.48 bits per heavy atom. The van der Waals surface area contributed by atoms with Gasteiger partial charge in [-0.3, -0.25) is 4.79 Å². The maximum atomic E-state index is 14.1. The highest BCUT2D eigenvalue weighted by Crippen LogP contribution is 2.30. The van der Waals surface area contributed by atoms with E-state index < -0.39 is 21.7 Å². The van der Waals surface area contributed by atoms with Crippen LogP contribution in [0.25, 0.3) is 11.0 Å². The summed E-state index contributed by atoms with van der Waals surface area (Å²) in [5.41, 5.74) is 2.02. The number of fused-ring (bicyclic) bond motifs is 1. The van der Waals surface area contributed by atoms with Gasteiger partial charge in [-0.15, -0.1) is 0 Å². The molecule has 1 N–H and O–H groups in total. The molecule has 0 spiro atoms. The molecule has 1 saturated heterocycles. The van der Waals surface area contributed by atoms with Gasteiger partial charge in [-0.1, -0.05) is 11.6 Å². The molecule has 4 rings (SSSR count). The second-order valence-corrected chi connectivity index (χ2v) is 9.74. The van der Waals surface area contributed by atoms with Crippen molar-refractivity contribution in [1.29, 1.82) is 0 Å². The molecular formula is C21H20ClFN4O3S. The van der Waals surface area contributed by atoms with Gasteiger partial charge >= 0.3 is 0 Å². The smallest absolute Gasteiger partial charge is 0.258 e. The van der Waals surface area contributed by atoms with Crippen LogP contribution in [-0.2, 0) is 10.0 Å². The number of hydrogen-bond donors (Lipinski definition) is 1. The number of rotatable bonds is 4. The van der Waals surface area contributed by atoms with Gasteiger partial charge in [-0.05, 0) is 51.0 Å². The van der Waals surface area contributed by atoms with Crippen LogP contribution in [0.5, 0.6) is 0 Å². The van der Waals surface area contributed by atoms with E-state index in [1.165, 1.54) is 28.6 Å². The lowest BCUT2D eigenvalue weighted by molar-refractivity contribution is 0.102. The number of hydrogen-bond acceptors (Lipinski definition) is 5. The molecule has 0 saturated carbocycles. The summed E-state index contributed by atoms with van der Waals surface area (Å²) in [7, 11) is -3.78. The standard InChI is InChI=1S/C21H20ClFN4O3S/c1-12-13(2)25-20-16(9-14(23)10-18(20)24-12)21(28)26-15-5-6-17(22)19(11-15)31(29,30)27-7-3-4-8-27/h5-6,9-11H,3-4,7-8H2,1-2H3,(H,26,28). The van der Waals surface area contributed by atoms with E-state index in [1.807, 2.05) is 0 Å². The third-order valence-electron chi connectivity index (χ3n) is 5.26. The second-order valence-electron chi connectivity index (χ2n) is 7.43. The number of halogens is 2. The maximum absolute atomic E-state index is 14.1. The van der Waals surface area contributed by atoms with Crippen molar-refractivity contribution >= 4 is 44.3 Å². The van der Waals surface area contributed by atoms with E-state index in [0.717, 1.165) is 18.9 Å². The lowest BCUT2D eigenvalue weighted by Gasteiger charge is -2.17. The molecule has 1 aromatic heterocycles. The number of aryl methyl sites for hydroxylation is 2. The van der Waals surface area contributed by atoms with Gasteiger partial charge in [0, 0.05) is 24.8 Å². The van der Waals surface area contributed by atoms with Gasteiger partial charge in [0.15, 0.2) is 0 Å². The summed E-state index contributed by atoms with van der Waals surface area (Å²) >= 11 is 6.16. The van der Waals surface area contributed by atoms with E-state index in [2.05, 4.69) is 15.3 Å². The fourth-order valence-corrected chi connectivity index (χ4v) is 5.53. The molecule has 10 heteroatoms. The second kappa shape index (κ2) is 8.14. The number of anilines is 1. The monoisotopic (exact) mass is 462 g/mol. The summed E-state index contributed by atoms with van der Waals surface area (Å²) in [6.45, 7) is 4.37. The van der Waals surface area contributed by atoms with Crippen molar-refractivity contribution in [2.75, 3.05) is 18.4 Å². The van der Waals surface area contributed by atoms with E-state index in [-0.39, 0.29) is 32.2 Å². The minimum absolute atomic E-state index is 0.00417. The van der Waals surface area contributed by atoms with Crippen molar-refractivity contribution in [1.82, 2.24) is 14.3 Å². The van der Waals surface area contributed by atoms with Crippen molar-refractivity contribution in [3.63, 3.8) is 0 Å². The molecule has 1 fully saturated rings. The highest BCUT2D eigenvalue weighted by atomic mass is 35.5. The van der Waals surface area contributed by atoms with Gasteiger partial charge in [0.2, 0.25) is 10.0 Å². The minimum Gasteiger partial charge on any atom is -0.322 e. The Bertz CT molecular complexity index is 1310. The predicted molar refractivity (Wildman–Crippen MR) is 116 cm³/mol. The van der Waals surface area contributed by atoms with Crippen LogP contribution in [-0.4, -0.2) is 41.7 Å². The highest BCUT2D eigenvalue weighted by molar-refractivity contribution is 7.89. The summed E-state index contributed by atoms with van der Waals surface area (Å²) in [4.78, 5) is 21.6. The van der Waals surface area contributed by atoms with Gasteiger partial charge in [-0.25, -0.2) is 22.8 Å². The molecular weight excluding hydrogens is 443 g/mol. The molecule has 0 bridgehead atoms. The number of nitrogens with one attached hydrogen (secondary N) is 1. The Kier molecular flexibility index (Phi) is 5.67. The van der Waals surface area contributed by atoms with Crippen LogP contribution in [0.15, 0.2) is 35.2 Å². The quantitative estimate of drug-likeness (QED) is 0.630. The Hall–Kier alpha value is -2.62. The number of amides is 1. The van der Waals surface area contributed by atoms with Crippen LogP contribution >= 0.6 is 11.6 Å². The minimum atomic E-state index is -3.78. The van der Waals surface area contributed by atoms with Crippen LogP contribution < -0.4 is 5.32 Å². The molecule has 1 aliphatic heterocycles. The van der Waals surface area contributed by atoms with Gasteiger partial charge in [-0.2, -0.15) is 4.31 Å². The number of nitrogens with zero attached hydrogens (tertiary/aromatic N) is 3. The zero-order valence-corrected chi connectivity index (χ0v) is 18.5. The molecule has 0 radical (unpaired) electrons. The topological polar surface area (TPSA) is 92.3 Å². The van der Waals surface area contributed by atoms with Crippen molar-refractivity contribution in [3.05, 3.63) is 58.1 Å². The first kappa shape index (κ1) is 21.6. The lowest BCUT2D eigenvalue weighted by Crippen LogP contribution is -2.28. The molecule has 0 aliphatic carbocycles. The number of aromatic nitrogens is 2. The van der Waals surface area contributed by atoms with E-state index in [9.17, 15) is 17.6 Å². The molecule has 0 unspecified atom stereocenters. The van der Waals surface area contributed by atoms with Gasteiger partial charge in [0.25, 0.3) is 5.91 Å². The van der Waals surface area contributed by atoms with Gasteiger partial charge in [0.1, 0.15) is 16.2 Å². The molecule has 2 heterocycles. The predicted octanol–water partition coefficient (Wildman–Crippen LogP) is 4.08. The molecule has 162 valence electrons. The number of benzene rings is 2. The number of sulfonamides is 1. The van der Waals surface area contributed by atoms with E-state index in [0.29, 0.717) is 24.5 Å². The highest BCUT2D eigenvalue weighted by Gasteiger charge is 2.29. The fraction of sp³-hybridized carbons (Fsp3) is 0.286. The third-order valence-corrected chi connectivity index (χ3v) is 7.64. The number of carbonyl (C=O) groups excluding carboxylic acids is 1. The van der Waals surface area contributed by atoms with E-state index in [4.69, 9.17) is 11.6 Å². The van der Waals surface area contributed by atoms with E-state index in [1.54, 1.807) is 13.8 Å². The molecule has 2 aromatic carbocycles. The molecule has 3 aromatic rings. The van der Waals surface area contributed by atoms with Crippen LogP contribution in [0.1, 0.15) is 34.6 Å². The van der Waals surface area contributed by atoms with Crippen molar-refractivity contribution in [2.45, 2.75) is 31.6 Å². The first-order valence-corrected chi connectivity index (χ1v) is 11.5. The van der Waals surface area contributed by atoms with E-state index >= 15 is 0 Å².